The van der Waals surface area contributed by atoms with Crippen molar-refractivity contribution in [1.29, 1.82) is 0 Å². The predicted octanol–water partition coefficient (Wildman–Crippen LogP) is 3.89. The maximum absolute atomic E-state index is 13.8. The number of benzene rings is 2. The molecule has 0 atom stereocenters. The minimum Gasteiger partial charge on any atom is -0.262 e. The lowest BCUT2D eigenvalue weighted by Gasteiger charge is -2.04. The van der Waals surface area contributed by atoms with Gasteiger partial charge < -0.3 is 0 Å². The van der Waals surface area contributed by atoms with Crippen LogP contribution < -0.4 is 0 Å². The molecule has 2 aromatic carbocycles. The molecule has 0 aliphatic carbocycles. The van der Waals surface area contributed by atoms with Crippen molar-refractivity contribution in [3.05, 3.63) is 48.0 Å². The first-order valence-corrected chi connectivity index (χ1v) is 6.26. The van der Waals surface area contributed by atoms with E-state index < -0.39 is 0 Å². The van der Waals surface area contributed by atoms with Crippen LogP contribution >= 0.6 is 0 Å². The van der Waals surface area contributed by atoms with Crippen molar-refractivity contribution in [1.82, 2.24) is 15.2 Å². The molecule has 0 saturated carbocycles. The first-order chi connectivity index (χ1) is 9.16. The van der Waals surface area contributed by atoms with E-state index in [4.69, 9.17) is 0 Å². The Kier molecular flexibility index (Phi) is 2.78. The molecule has 0 amide bonds. The second kappa shape index (κ2) is 4.46. The Bertz CT molecular complexity index is 731. The summed E-state index contributed by atoms with van der Waals surface area (Å²) in [7, 11) is 0. The van der Waals surface area contributed by atoms with E-state index in [2.05, 4.69) is 15.2 Å². The van der Waals surface area contributed by atoms with Gasteiger partial charge in [0.1, 0.15) is 11.6 Å². The summed E-state index contributed by atoms with van der Waals surface area (Å²) in [5.74, 6) is 1.51. The van der Waals surface area contributed by atoms with Crippen LogP contribution in [0, 0.1) is 5.82 Å². The van der Waals surface area contributed by atoms with E-state index in [1.807, 2.05) is 32.0 Å². The molecule has 3 aromatic rings. The highest BCUT2D eigenvalue weighted by atomic mass is 19.1. The fourth-order valence-corrected chi connectivity index (χ4v) is 2.11. The molecule has 3 rings (SSSR count). The van der Waals surface area contributed by atoms with Gasteiger partial charge in [0, 0.05) is 16.9 Å². The zero-order valence-electron chi connectivity index (χ0n) is 10.8. The minimum absolute atomic E-state index is 0.223. The molecule has 96 valence electrons. The van der Waals surface area contributed by atoms with Gasteiger partial charge in [0.15, 0.2) is 5.82 Å². The Hall–Kier alpha value is -2.23. The lowest BCUT2D eigenvalue weighted by molar-refractivity contribution is 0.640. The first kappa shape index (κ1) is 11.8. The van der Waals surface area contributed by atoms with Gasteiger partial charge in [-0.2, -0.15) is 5.10 Å². The van der Waals surface area contributed by atoms with Crippen molar-refractivity contribution in [2.24, 2.45) is 0 Å². The van der Waals surface area contributed by atoms with Crippen LogP contribution in [-0.4, -0.2) is 15.2 Å². The molecule has 1 heterocycles. The smallest absolute Gasteiger partial charge is 0.181 e. The number of nitrogens with one attached hydrogen (secondary N) is 1. The van der Waals surface area contributed by atoms with E-state index in [0.29, 0.717) is 11.2 Å². The van der Waals surface area contributed by atoms with E-state index in [1.54, 1.807) is 12.1 Å². The molecule has 4 heteroatoms. The van der Waals surface area contributed by atoms with Crippen LogP contribution in [0.3, 0.4) is 0 Å². The fourth-order valence-electron chi connectivity index (χ4n) is 2.11. The summed E-state index contributed by atoms with van der Waals surface area (Å²) in [6.45, 7) is 4.10. The topological polar surface area (TPSA) is 41.6 Å². The number of fused-ring (bicyclic) bond motifs is 1. The molecule has 0 bridgehead atoms. The molecule has 1 aromatic heterocycles. The quantitative estimate of drug-likeness (QED) is 0.754. The summed E-state index contributed by atoms with van der Waals surface area (Å²) >= 11 is 0. The minimum atomic E-state index is -0.223. The molecular weight excluding hydrogens is 241 g/mol. The first-order valence-electron chi connectivity index (χ1n) is 6.26. The number of nitrogens with zero attached hydrogens (tertiary/aromatic N) is 2. The normalized spacial score (nSPS) is 11.4. The molecule has 19 heavy (non-hydrogen) atoms. The standard InChI is InChI=1S/C15H14FN3/c1-9(2)14-17-15(19-18-14)12-7-8-13(16)11-6-4-3-5-10(11)12/h3-9H,1-2H3,(H,17,18,19). The van der Waals surface area contributed by atoms with E-state index >= 15 is 0 Å². The summed E-state index contributed by atoms with van der Waals surface area (Å²) in [6, 6.07) is 10.6. The van der Waals surface area contributed by atoms with Crippen molar-refractivity contribution in [3.8, 4) is 11.4 Å². The van der Waals surface area contributed by atoms with Gasteiger partial charge in [0.05, 0.1) is 0 Å². The molecule has 0 spiro atoms. The third-order valence-electron chi connectivity index (χ3n) is 3.16. The van der Waals surface area contributed by atoms with Crippen LogP contribution in [0.1, 0.15) is 25.6 Å². The van der Waals surface area contributed by atoms with Crippen molar-refractivity contribution >= 4 is 10.8 Å². The molecule has 0 aliphatic heterocycles. The van der Waals surface area contributed by atoms with Crippen LogP contribution in [0.2, 0.25) is 0 Å². The van der Waals surface area contributed by atoms with Gasteiger partial charge >= 0.3 is 0 Å². The largest absolute Gasteiger partial charge is 0.262 e. The van der Waals surface area contributed by atoms with Gasteiger partial charge in [-0.15, -0.1) is 0 Å². The number of hydrogen-bond donors (Lipinski definition) is 1. The average Bonchev–Trinajstić information content (AvgIpc) is 2.89. The Morgan fingerprint density at radius 1 is 1.05 bits per heavy atom. The zero-order chi connectivity index (χ0) is 13.4. The summed E-state index contributed by atoms with van der Waals surface area (Å²) in [5, 5.41) is 8.58. The Balaban J connectivity index is 2.22. The lowest BCUT2D eigenvalue weighted by atomic mass is 10.0. The van der Waals surface area contributed by atoms with Crippen molar-refractivity contribution in [3.63, 3.8) is 0 Å². The van der Waals surface area contributed by atoms with E-state index in [9.17, 15) is 4.39 Å². The lowest BCUT2D eigenvalue weighted by Crippen LogP contribution is -1.90. The molecule has 0 aliphatic rings. The summed E-state index contributed by atoms with van der Waals surface area (Å²) in [6.07, 6.45) is 0. The molecule has 3 nitrogen and oxygen atoms in total. The van der Waals surface area contributed by atoms with Crippen LogP contribution in [0.15, 0.2) is 36.4 Å². The second-order valence-electron chi connectivity index (χ2n) is 4.84. The van der Waals surface area contributed by atoms with Crippen LogP contribution in [-0.2, 0) is 0 Å². The van der Waals surface area contributed by atoms with Gasteiger partial charge in [0.2, 0.25) is 0 Å². The van der Waals surface area contributed by atoms with Crippen molar-refractivity contribution < 1.29 is 4.39 Å². The monoisotopic (exact) mass is 255 g/mol. The number of hydrogen-bond acceptors (Lipinski definition) is 2. The molecular formula is C15H14FN3. The number of aromatic nitrogens is 3. The van der Waals surface area contributed by atoms with Gasteiger partial charge in [-0.05, 0) is 17.5 Å². The molecule has 1 N–H and O–H groups in total. The van der Waals surface area contributed by atoms with E-state index in [-0.39, 0.29) is 11.7 Å². The second-order valence-corrected chi connectivity index (χ2v) is 4.84. The molecule has 0 radical (unpaired) electrons. The van der Waals surface area contributed by atoms with Gasteiger partial charge in [-0.1, -0.05) is 38.1 Å². The zero-order valence-corrected chi connectivity index (χ0v) is 10.8. The van der Waals surface area contributed by atoms with E-state index in [1.165, 1.54) is 6.07 Å². The van der Waals surface area contributed by atoms with Crippen LogP contribution in [0.5, 0.6) is 0 Å². The number of H-pyrrole nitrogens is 1. The summed E-state index contributed by atoms with van der Waals surface area (Å²) < 4.78 is 13.8. The highest BCUT2D eigenvalue weighted by Crippen LogP contribution is 2.28. The van der Waals surface area contributed by atoms with Gasteiger partial charge in [-0.25, -0.2) is 9.37 Å². The SMILES string of the molecule is CC(C)c1nc(-c2ccc(F)c3ccccc23)n[nH]1. The number of rotatable bonds is 2. The predicted molar refractivity (Wildman–Crippen MR) is 73.4 cm³/mol. The average molecular weight is 255 g/mol. The highest BCUT2D eigenvalue weighted by molar-refractivity contribution is 5.95. The Labute approximate surface area is 110 Å². The van der Waals surface area contributed by atoms with Gasteiger partial charge in [0.25, 0.3) is 0 Å². The van der Waals surface area contributed by atoms with Crippen LogP contribution in [0.4, 0.5) is 4.39 Å². The van der Waals surface area contributed by atoms with Crippen LogP contribution in [0.25, 0.3) is 22.2 Å². The molecule has 0 saturated heterocycles. The van der Waals surface area contributed by atoms with Crippen molar-refractivity contribution in [2.75, 3.05) is 0 Å². The number of halogens is 1. The molecule has 0 fully saturated rings. The number of aromatic amines is 1. The van der Waals surface area contributed by atoms with E-state index in [0.717, 1.165) is 16.8 Å². The summed E-state index contributed by atoms with van der Waals surface area (Å²) in [5.41, 5.74) is 0.847. The third-order valence-corrected chi connectivity index (χ3v) is 3.16. The highest BCUT2D eigenvalue weighted by Gasteiger charge is 2.12. The van der Waals surface area contributed by atoms with Gasteiger partial charge in [-0.3, -0.25) is 5.10 Å². The summed E-state index contributed by atoms with van der Waals surface area (Å²) in [4.78, 5) is 4.47. The Morgan fingerprint density at radius 2 is 1.79 bits per heavy atom. The maximum Gasteiger partial charge on any atom is 0.181 e. The molecule has 0 unspecified atom stereocenters. The third kappa shape index (κ3) is 1.99. The van der Waals surface area contributed by atoms with Crippen molar-refractivity contribution in [2.45, 2.75) is 19.8 Å². The fraction of sp³-hybridized carbons (Fsp3) is 0.200. The maximum atomic E-state index is 13.8. The Morgan fingerprint density at radius 3 is 2.47 bits per heavy atom.